The molecule has 1 N–H and O–H groups in total. The lowest BCUT2D eigenvalue weighted by Gasteiger charge is -2.32. The summed E-state index contributed by atoms with van der Waals surface area (Å²) in [5.74, 6) is 0.252. The maximum atomic E-state index is 12.3. The first-order chi connectivity index (χ1) is 8.72. The summed E-state index contributed by atoms with van der Waals surface area (Å²) in [4.78, 5) is 19.7. The van der Waals surface area contributed by atoms with Crippen molar-refractivity contribution in [2.75, 3.05) is 13.1 Å². The van der Waals surface area contributed by atoms with Crippen molar-refractivity contribution in [3.05, 3.63) is 16.1 Å². The normalized spacial score (nSPS) is 20.4. The molecule has 4 nitrogen and oxygen atoms in total. The topological polar surface area (TPSA) is 45.2 Å². The van der Waals surface area contributed by atoms with Crippen molar-refractivity contribution in [2.45, 2.75) is 45.7 Å². The number of rotatable bonds is 5. The minimum Gasteiger partial charge on any atom is -0.336 e. The van der Waals surface area contributed by atoms with Crippen LogP contribution in [0.15, 0.2) is 5.51 Å². The SMILES string of the molecule is CCCNC1CCCN(Cc2scnc2C)C1=O. The predicted molar refractivity (Wildman–Crippen MR) is 73.6 cm³/mol. The second-order valence-electron chi connectivity index (χ2n) is 4.77. The van der Waals surface area contributed by atoms with Crippen LogP contribution in [0.2, 0.25) is 0 Å². The van der Waals surface area contributed by atoms with E-state index in [4.69, 9.17) is 0 Å². The molecule has 1 aromatic rings. The van der Waals surface area contributed by atoms with Crippen molar-refractivity contribution in [2.24, 2.45) is 0 Å². The van der Waals surface area contributed by atoms with E-state index in [2.05, 4.69) is 17.2 Å². The lowest BCUT2D eigenvalue weighted by Crippen LogP contribution is -2.50. The van der Waals surface area contributed by atoms with Gasteiger partial charge in [-0.05, 0) is 32.7 Å². The van der Waals surface area contributed by atoms with Crippen LogP contribution in [0.25, 0.3) is 0 Å². The van der Waals surface area contributed by atoms with Gasteiger partial charge in [-0.25, -0.2) is 4.98 Å². The minimum atomic E-state index is 0.0203. The van der Waals surface area contributed by atoms with E-state index in [-0.39, 0.29) is 11.9 Å². The van der Waals surface area contributed by atoms with Crippen molar-refractivity contribution >= 4 is 17.2 Å². The summed E-state index contributed by atoms with van der Waals surface area (Å²) in [7, 11) is 0. The summed E-state index contributed by atoms with van der Waals surface area (Å²) in [6.45, 7) is 6.65. The van der Waals surface area contributed by atoms with Crippen LogP contribution in [0, 0.1) is 6.92 Å². The van der Waals surface area contributed by atoms with Gasteiger partial charge in [0.05, 0.1) is 23.8 Å². The molecular formula is C13H21N3OS. The highest BCUT2D eigenvalue weighted by Gasteiger charge is 2.28. The molecule has 1 unspecified atom stereocenters. The zero-order valence-corrected chi connectivity index (χ0v) is 11.9. The number of piperidine rings is 1. The van der Waals surface area contributed by atoms with Gasteiger partial charge in [0.1, 0.15) is 0 Å². The van der Waals surface area contributed by atoms with Gasteiger partial charge in [0.25, 0.3) is 0 Å². The Hall–Kier alpha value is -0.940. The van der Waals surface area contributed by atoms with Gasteiger partial charge < -0.3 is 10.2 Å². The van der Waals surface area contributed by atoms with E-state index in [9.17, 15) is 4.79 Å². The van der Waals surface area contributed by atoms with Crippen LogP contribution in [-0.2, 0) is 11.3 Å². The van der Waals surface area contributed by atoms with E-state index in [1.165, 1.54) is 4.88 Å². The van der Waals surface area contributed by atoms with E-state index < -0.39 is 0 Å². The van der Waals surface area contributed by atoms with Gasteiger partial charge in [-0.2, -0.15) is 0 Å². The Morgan fingerprint density at radius 2 is 2.44 bits per heavy atom. The van der Waals surface area contributed by atoms with E-state index in [1.54, 1.807) is 11.3 Å². The van der Waals surface area contributed by atoms with Crippen LogP contribution in [0.1, 0.15) is 36.8 Å². The van der Waals surface area contributed by atoms with Gasteiger partial charge in [-0.1, -0.05) is 6.92 Å². The quantitative estimate of drug-likeness (QED) is 0.887. The number of aromatic nitrogens is 1. The van der Waals surface area contributed by atoms with Crippen LogP contribution < -0.4 is 5.32 Å². The van der Waals surface area contributed by atoms with Crippen LogP contribution in [0.3, 0.4) is 0 Å². The Kier molecular flexibility index (Phi) is 4.72. The highest BCUT2D eigenvalue weighted by molar-refractivity contribution is 7.09. The predicted octanol–water partition coefficient (Wildman–Crippen LogP) is 1.94. The van der Waals surface area contributed by atoms with Crippen LogP contribution >= 0.6 is 11.3 Å². The van der Waals surface area contributed by atoms with Gasteiger partial charge in [0, 0.05) is 11.4 Å². The number of carbonyl (C=O) groups is 1. The Bertz CT molecular complexity index is 405. The largest absolute Gasteiger partial charge is 0.336 e. The van der Waals surface area contributed by atoms with Gasteiger partial charge in [0.15, 0.2) is 0 Å². The molecule has 1 atom stereocenters. The number of amides is 1. The van der Waals surface area contributed by atoms with Crippen molar-refractivity contribution in [1.82, 2.24) is 15.2 Å². The smallest absolute Gasteiger partial charge is 0.240 e. The highest BCUT2D eigenvalue weighted by Crippen LogP contribution is 2.19. The lowest BCUT2D eigenvalue weighted by molar-refractivity contribution is -0.136. The maximum Gasteiger partial charge on any atom is 0.240 e. The Balaban J connectivity index is 1.96. The number of nitrogens with one attached hydrogen (secondary N) is 1. The Morgan fingerprint density at radius 3 is 3.11 bits per heavy atom. The minimum absolute atomic E-state index is 0.0203. The number of thiazole rings is 1. The van der Waals surface area contributed by atoms with Crippen molar-refractivity contribution in [3.63, 3.8) is 0 Å². The zero-order valence-electron chi connectivity index (χ0n) is 11.1. The molecule has 5 heteroatoms. The molecule has 0 aliphatic carbocycles. The first-order valence-electron chi connectivity index (χ1n) is 6.63. The molecule has 0 spiro atoms. The third-order valence-corrected chi connectivity index (χ3v) is 4.27. The molecular weight excluding hydrogens is 246 g/mol. The van der Waals surface area contributed by atoms with Gasteiger partial charge in [-0.15, -0.1) is 11.3 Å². The number of nitrogens with zero attached hydrogens (tertiary/aromatic N) is 2. The molecule has 1 saturated heterocycles. The molecule has 0 bridgehead atoms. The Labute approximate surface area is 112 Å². The second kappa shape index (κ2) is 6.29. The average molecular weight is 267 g/mol. The second-order valence-corrected chi connectivity index (χ2v) is 5.71. The fourth-order valence-corrected chi connectivity index (χ4v) is 3.05. The molecule has 0 aromatic carbocycles. The first-order valence-corrected chi connectivity index (χ1v) is 7.51. The van der Waals surface area contributed by atoms with Crippen LogP contribution in [0.5, 0.6) is 0 Å². The number of aryl methyl sites for hydroxylation is 1. The number of carbonyl (C=O) groups excluding carboxylic acids is 1. The third-order valence-electron chi connectivity index (χ3n) is 3.35. The molecule has 1 fully saturated rings. The summed E-state index contributed by atoms with van der Waals surface area (Å²) in [6.07, 6.45) is 3.12. The molecule has 1 aliphatic rings. The third kappa shape index (κ3) is 3.09. The van der Waals surface area contributed by atoms with E-state index >= 15 is 0 Å². The molecule has 18 heavy (non-hydrogen) atoms. The summed E-state index contributed by atoms with van der Waals surface area (Å²) >= 11 is 1.64. The fourth-order valence-electron chi connectivity index (χ4n) is 2.26. The van der Waals surface area contributed by atoms with Crippen molar-refractivity contribution < 1.29 is 4.79 Å². The van der Waals surface area contributed by atoms with Crippen LogP contribution in [0.4, 0.5) is 0 Å². The van der Waals surface area contributed by atoms with E-state index in [1.807, 2.05) is 17.3 Å². The average Bonchev–Trinajstić information content (AvgIpc) is 2.76. The molecule has 1 aliphatic heterocycles. The number of likely N-dealkylation sites (tertiary alicyclic amines) is 1. The monoisotopic (exact) mass is 267 g/mol. The summed E-state index contributed by atoms with van der Waals surface area (Å²) in [5, 5.41) is 3.34. The van der Waals surface area contributed by atoms with Gasteiger partial charge in [-0.3, -0.25) is 4.79 Å². The summed E-state index contributed by atoms with van der Waals surface area (Å²) in [5.41, 5.74) is 2.91. The molecule has 100 valence electrons. The van der Waals surface area contributed by atoms with Gasteiger partial charge in [0.2, 0.25) is 5.91 Å². The summed E-state index contributed by atoms with van der Waals surface area (Å²) in [6, 6.07) is 0.0203. The van der Waals surface area contributed by atoms with Crippen molar-refractivity contribution in [3.8, 4) is 0 Å². The standard InChI is InChI=1S/C13H21N3OS/c1-3-6-14-11-5-4-7-16(13(11)17)8-12-10(2)15-9-18-12/h9,11,14H,3-8H2,1-2H3. The van der Waals surface area contributed by atoms with Crippen molar-refractivity contribution in [1.29, 1.82) is 0 Å². The van der Waals surface area contributed by atoms with E-state index in [0.717, 1.165) is 44.6 Å². The molecule has 2 rings (SSSR count). The maximum absolute atomic E-state index is 12.3. The Morgan fingerprint density at radius 1 is 1.61 bits per heavy atom. The molecule has 2 heterocycles. The lowest BCUT2D eigenvalue weighted by atomic mass is 10.0. The number of hydrogen-bond acceptors (Lipinski definition) is 4. The van der Waals surface area contributed by atoms with Gasteiger partial charge >= 0.3 is 0 Å². The van der Waals surface area contributed by atoms with E-state index in [0.29, 0.717) is 0 Å². The number of hydrogen-bond donors (Lipinski definition) is 1. The first kappa shape index (κ1) is 13.5. The fraction of sp³-hybridized carbons (Fsp3) is 0.692. The summed E-state index contributed by atoms with van der Waals surface area (Å²) < 4.78 is 0. The van der Waals surface area contributed by atoms with Crippen LogP contribution in [-0.4, -0.2) is 34.9 Å². The molecule has 1 aromatic heterocycles. The molecule has 1 amide bonds. The molecule has 0 radical (unpaired) electrons. The molecule has 0 saturated carbocycles. The zero-order chi connectivity index (χ0) is 13.0. The highest BCUT2D eigenvalue weighted by atomic mass is 32.1.